The Morgan fingerprint density at radius 2 is 2.29 bits per heavy atom. The van der Waals surface area contributed by atoms with Crippen LogP contribution in [0.1, 0.15) is 39.1 Å². The summed E-state index contributed by atoms with van der Waals surface area (Å²) in [7, 11) is 0. The molecule has 1 aromatic heterocycles. The van der Waals surface area contributed by atoms with Crippen LogP contribution < -0.4 is 0 Å². The Balaban J connectivity index is 1.99. The second kappa shape index (κ2) is 5.36. The van der Waals surface area contributed by atoms with Crippen LogP contribution in [0.4, 0.5) is 0 Å². The number of rotatable bonds is 3. The third-order valence-corrected chi connectivity index (χ3v) is 4.03. The molecule has 0 spiro atoms. The summed E-state index contributed by atoms with van der Waals surface area (Å²) in [5, 5.41) is 4.60. The summed E-state index contributed by atoms with van der Waals surface area (Å²) in [5.41, 5.74) is 0. The van der Waals surface area contributed by atoms with E-state index in [0.29, 0.717) is 17.3 Å². The van der Waals surface area contributed by atoms with Crippen LogP contribution in [0.3, 0.4) is 0 Å². The number of aromatic nitrogens is 3. The van der Waals surface area contributed by atoms with E-state index in [-0.39, 0.29) is 0 Å². The van der Waals surface area contributed by atoms with Gasteiger partial charge >= 0.3 is 0 Å². The highest BCUT2D eigenvalue weighted by molar-refractivity contribution is 6.20. The van der Waals surface area contributed by atoms with Crippen LogP contribution >= 0.6 is 11.6 Å². The molecular formula is C12H21ClN4. The minimum absolute atomic E-state index is 0.328. The molecule has 0 aromatic carbocycles. The number of piperidine rings is 1. The number of alkyl halides is 1. The minimum atomic E-state index is 0.328. The highest BCUT2D eigenvalue weighted by atomic mass is 35.5. The SMILES string of the molecule is CC1CN(Cc2ncnn2C(C)C)CCC1Cl. The van der Waals surface area contributed by atoms with Gasteiger partial charge in [0.15, 0.2) is 0 Å². The van der Waals surface area contributed by atoms with Crippen LogP contribution in [0.25, 0.3) is 0 Å². The maximum absolute atomic E-state index is 6.24. The van der Waals surface area contributed by atoms with Crippen molar-refractivity contribution in [2.45, 2.75) is 45.2 Å². The first kappa shape index (κ1) is 12.8. The first-order valence-electron chi connectivity index (χ1n) is 6.32. The van der Waals surface area contributed by atoms with Crippen molar-refractivity contribution in [3.63, 3.8) is 0 Å². The molecule has 0 amide bonds. The van der Waals surface area contributed by atoms with E-state index in [1.54, 1.807) is 6.33 Å². The Hall–Kier alpha value is -0.610. The summed E-state index contributed by atoms with van der Waals surface area (Å²) in [6.45, 7) is 9.48. The van der Waals surface area contributed by atoms with Crippen molar-refractivity contribution in [1.29, 1.82) is 0 Å². The van der Waals surface area contributed by atoms with E-state index >= 15 is 0 Å². The zero-order valence-corrected chi connectivity index (χ0v) is 11.6. The molecular weight excluding hydrogens is 236 g/mol. The maximum atomic E-state index is 6.24. The van der Waals surface area contributed by atoms with Crippen molar-refractivity contribution in [2.75, 3.05) is 13.1 Å². The molecule has 17 heavy (non-hydrogen) atoms. The molecule has 0 bridgehead atoms. The van der Waals surface area contributed by atoms with Crippen molar-refractivity contribution >= 4 is 11.6 Å². The van der Waals surface area contributed by atoms with E-state index in [4.69, 9.17) is 11.6 Å². The van der Waals surface area contributed by atoms with Gasteiger partial charge in [0.2, 0.25) is 0 Å². The molecule has 0 saturated carbocycles. The molecule has 1 aromatic rings. The number of hydrogen-bond donors (Lipinski definition) is 0. The fourth-order valence-electron chi connectivity index (χ4n) is 2.37. The fraction of sp³-hybridized carbons (Fsp3) is 0.833. The van der Waals surface area contributed by atoms with Crippen LogP contribution in [0.5, 0.6) is 0 Å². The predicted molar refractivity (Wildman–Crippen MR) is 69.1 cm³/mol. The highest BCUT2D eigenvalue weighted by Gasteiger charge is 2.25. The number of halogens is 1. The van der Waals surface area contributed by atoms with Gasteiger partial charge in [-0.25, -0.2) is 9.67 Å². The molecule has 2 rings (SSSR count). The normalized spacial score (nSPS) is 26.6. The summed E-state index contributed by atoms with van der Waals surface area (Å²) in [6, 6.07) is 0.371. The molecule has 2 atom stereocenters. The second-order valence-electron chi connectivity index (χ2n) is 5.23. The van der Waals surface area contributed by atoms with Gasteiger partial charge in [-0.2, -0.15) is 5.10 Å². The Morgan fingerprint density at radius 3 is 2.94 bits per heavy atom. The van der Waals surface area contributed by atoms with Gasteiger partial charge in [0.1, 0.15) is 12.2 Å². The Morgan fingerprint density at radius 1 is 1.53 bits per heavy atom. The Kier molecular flexibility index (Phi) is 4.05. The quantitative estimate of drug-likeness (QED) is 0.779. The summed E-state index contributed by atoms with van der Waals surface area (Å²) < 4.78 is 2.00. The lowest BCUT2D eigenvalue weighted by atomic mass is 10.00. The van der Waals surface area contributed by atoms with E-state index < -0.39 is 0 Å². The first-order chi connectivity index (χ1) is 8.08. The molecule has 4 nitrogen and oxygen atoms in total. The van der Waals surface area contributed by atoms with Crippen LogP contribution in [-0.2, 0) is 6.54 Å². The second-order valence-corrected chi connectivity index (χ2v) is 5.79. The van der Waals surface area contributed by atoms with Crippen LogP contribution in [-0.4, -0.2) is 38.1 Å². The summed E-state index contributed by atoms with van der Waals surface area (Å²) >= 11 is 6.24. The van der Waals surface area contributed by atoms with Crippen molar-refractivity contribution in [2.24, 2.45) is 5.92 Å². The zero-order chi connectivity index (χ0) is 12.4. The van der Waals surface area contributed by atoms with Gasteiger partial charge in [0.05, 0.1) is 6.54 Å². The van der Waals surface area contributed by atoms with Crippen molar-refractivity contribution in [3.8, 4) is 0 Å². The highest BCUT2D eigenvalue weighted by Crippen LogP contribution is 2.22. The maximum Gasteiger partial charge on any atom is 0.141 e. The lowest BCUT2D eigenvalue weighted by Crippen LogP contribution is -2.40. The van der Waals surface area contributed by atoms with Crippen molar-refractivity contribution in [3.05, 3.63) is 12.2 Å². The molecule has 1 fully saturated rings. The van der Waals surface area contributed by atoms with E-state index in [0.717, 1.165) is 31.9 Å². The van der Waals surface area contributed by atoms with Gasteiger partial charge in [0.25, 0.3) is 0 Å². The van der Waals surface area contributed by atoms with Crippen LogP contribution in [0, 0.1) is 5.92 Å². The molecule has 1 aliphatic heterocycles. The van der Waals surface area contributed by atoms with Crippen molar-refractivity contribution in [1.82, 2.24) is 19.7 Å². The summed E-state index contributed by atoms with van der Waals surface area (Å²) in [5.74, 6) is 1.61. The average Bonchev–Trinajstić information content (AvgIpc) is 2.72. The van der Waals surface area contributed by atoms with Gasteiger partial charge in [-0.15, -0.1) is 11.6 Å². The lowest BCUT2D eigenvalue weighted by molar-refractivity contribution is 0.172. The van der Waals surface area contributed by atoms with Gasteiger partial charge in [-0.1, -0.05) is 6.92 Å². The average molecular weight is 257 g/mol. The fourth-order valence-corrected chi connectivity index (χ4v) is 2.54. The van der Waals surface area contributed by atoms with Crippen molar-refractivity contribution < 1.29 is 0 Å². The molecule has 1 saturated heterocycles. The minimum Gasteiger partial charge on any atom is -0.296 e. The third-order valence-electron chi connectivity index (χ3n) is 3.39. The smallest absolute Gasteiger partial charge is 0.141 e. The molecule has 0 N–H and O–H groups in total. The topological polar surface area (TPSA) is 34.0 Å². The van der Waals surface area contributed by atoms with Gasteiger partial charge < -0.3 is 0 Å². The first-order valence-corrected chi connectivity index (χ1v) is 6.76. The summed E-state index contributed by atoms with van der Waals surface area (Å²) in [4.78, 5) is 6.78. The summed E-state index contributed by atoms with van der Waals surface area (Å²) in [6.07, 6.45) is 2.71. The largest absolute Gasteiger partial charge is 0.296 e. The van der Waals surface area contributed by atoms with E-state index in [1.165, 1.54) is 0 Å². The van der Waals surface area contributed by atoms with E-state index in [1.807, 2.05) is 4.68 Å². The number of likely N-dealkylation sites (tertiary alicyclic amines) is 1. The Labute approximate surface area is 108 Å². The van der Waals surface area contributed by atoms with Gasteiger partial charge in [-0.05, 0) is 26.2 Å². The molecule has 5 heteroatoms. The third kappa shape index (κ3) is 2.99. The van der Waals surface area contributed by atoms with E-state index in [9.17, 15) is 0 Å². The van der Waals surface area contributed by atoms with Gasteiger partial charge in [-0.3, -0.25) is 4.90 Å². The Bertz CT molecular complexity index is 363. The molecule has 0 aliphatic carbocycles. The monoisotopic (exact) mass is 256 g/mol. The lowest BCUT2D eigenvalue weighted by Gasteiger charge is -2.33. The van der Waals surface area contributed by atoms with Crippen LogP contribution in [0.2, 0.25) is 0 Å². The number of nitrogens with zero attached hydrogens (tertiary/aromatic N) is 4. The van der Waals surface area contributed by atoms with E-state index in [2.05, 4.69) is 35.8 Å². The number of hydrogen-bond acceptors (Lipinski definition) is 3. The molecule has 96 valence electrons. The standard InChI is InChI=1S/C12H21ClN4/c1-9(2)17-12(14-8-15-17)7-16-5-4-11(13)10(3)6-16/h8-11H,4-7H2,1-3H3. The van der Waals surface area contributed by atoms with Gasteiger partial charge in [0, 0.05) is 24.5 Å². The van der Waals surface area contributed by atoms with Crippen LogP contribution in [0.15, 0.2) is 6.33 Å². The molecule has 1 aliphatic rings. The predicted octanol–water partition coefficient (Wildman–Crippen LogP) is 2.31. The molecule has 2 heterocycles. The molecule has 2 unspecified atom stereocenters. The molecule has 0 radical (unpaired) electrons. The zero-order valence-electron chi connectivity index (χ0n) is 10.8.